The molecule has 0 saturated carbocycles. The fourth-order valence-corrected chi connectivity index (χ4v) is 3.15. The molecule has 0 bridgehead atoms. The van der Waals surface area contributed by atoms with Crippen LogP contribution in [0.1, 0.15) is 62.5 Å². The van der Waals surface area contributed by atoms with E-state index in [4.69, 9.17) is 5.26 Å². The minimum Gasteiger partial charge on any atom is -0.377 e. The lowest BCUT2D eigenvalue weighted by Gasteiger charge is -2.21. The number of allylic oxidation sites excluding steroid dienone is 2. The second kappa shape index (κ2) is 14.2. The maximum Gasteiger partial charge on any atom is 0.229 e. The van der Waals surface area contributed by atoms with E-state index in [1.807, 2.05) is 29.9 Å². The molecular weight excluding hydrogens is 432 g/mol. The zero-order valence-electron chi connectivity index (χ0n) is 21.8. The molecule has 0 radical (unpaired) electrons. The Morgan fingerprint density at radius 1 is 1.20 bits per heavy atom. The minimum atomic E-state index is 0.0730. The standard InChI is InChI=1S/C25H33N5.C4H5N/c1-9-17(4)27-18(5)22-12-13-23(21(10-2)16-22)19(6)28-20(7)24-14-15-30(8)25(29-24)26-11-3;1-4(2)3-5/h11-16,19,27-28H,3-5,7,9-10H2,1-2,6,8H3;1H2,2H3. The molecule has 1 aromatic carbocycles. The number of benzene rings is 1. The van der Waals surface area contributed by atoms with E-state index in [1.54, 1.807) is 6.92 Å². The molecule has 6 heteroatoms. The number of nitrogens with one attached hydrogen (secondary N) is 2. The Morgan fingerprint density at radius 3 is 2.40 bits per heavy atom. The minimum absolute atomic E-state index is 0.0730. The smallest absolute Gasteiger partial charge is 0.229 e. The van der Waals surface area contributed by atoms with Crippen LogP contribution in [0.3, 0.4) is 0 Å². The van der Waals surface area contributed by atoms with Crippen LogP contribution in [0.2, 0.25) is 0 Å². The number of nitrogens with zero attached hydrogens (tertiary/aromatic N) is 4. The quantitative estimate of drug-likeness (QED) is 0.423. The summed E-state index contributed by atoms with van der Waals surface area (Å²) in [6.45, 7) is 27.3. The maximum atomic E-state index is 7.79. The normalized spacial score (nSPS) is 11.3. The van der Waals surface area contributed by atoms with Gasteiger partial charge >= 0.3 is 0 Å². The first-order valence-electron chi connectivity index (χ1n) is 11.5. The Kier molecular flexibility index (Phi) is 11.7. The predicted octanol–water partition coefficient (Wildman–Crippen LogP) is 5.92. The van der Waals surface area contributed by atoms with Crippen molar-refractivity contribution >= 4 is 11.4 Å². The van der Waals surface area contributed by atoms with Crippen LogP contribution in [0.15, 0.2) is 85.8 Å². The van der Waals surface area contributed by atoms with Gasteiger partial charge in [0.2, 0.25) is 5.62 Å². The highest BCUT2D eigenvalue weighted by molar-refractivity contribution is 5.65. The first-order chi connectivity index (χ1) is 16.6. The van der Waals surface area contributed by atoms with Crippen molar-refractivity contribution in [1.82, 2.24) is 20.2 Å². The third-order valence-corrected chi connectivity index (χ3v) is 5.18. The highest BCUT2D eigenvalue weighted by Gasteiger charge is 2.13. The van der Waals surface area contributed by atoms with Crippen molar-refractivity contribution in [2.45, 2.75) is 46.6 Å². The summed E-state index contributed by atoms with van der Waals surface area (Å²) in [6.07, 6.45) is 5.19. The molecule has 1 atom stereocenters. The molecule has 1 unspecified atom stereocenters. The van der Waals surface area contributed by atoms with E-state index in [2.05, 4.69) is 92.5 Å². The molecule has 0 saturated heterocycles. The van der Waals surface area contributed by atoms with Crippen molar-refractivity contribution < 1.29 is 0 Å². The molecule has 2 N–H and O–H groups in total. The predicted molar refractivity (Wildman–Crippen MR) is 147 cm³/mol. The van der Waals surface area contributed by atoms with Crippen LogP contribution < -0.4 is 16.3 Å². The molecule has 184 valence electrons. The lowest BCUT2D eigenvalue weighted by atomic mass is 9.96. The van der Waals surface area contributed by atoms with Crippen LogP contribution in [0.4, 0.5) is 0 Å². The lowest BCUT2D eigenvalue weighted by molar-refractivity contribution is 0.686. The largest absolute Gasteiger partial charge is 0.377 e. The fraction of sp³-hybridized carbons (Fsp3) is 0.276. The van der Waals surface area contributed by atoms with Crippen LogP contribution in [0, 0.1) is 11.3 Å². The van der Waals surface area contributed by atoms with Gasteiger partial charge in [-0.05, 0) is 55.5 Å². The zero-order valence-corrected chi connectivity index (χ0v) is 21.8. The first kappa shape index (κ1) is 28.9. The average molecular weight is 471 g/mol. The number of hydrogen-bond acceptors (Lipinski definition) is 5. The van der Waals surface area contributed by atoms with E-state index < -0.39 is 0 Å². The Labute approximate surface area is 210 Å². The van der Waals surface area contributed by atoms with E-state index >= 15 is 0 Å². The van der Waals surface area contributed by atoms with Gasteiger partial charge in [-0.25, -0.2) is 9.98 Å². The van der Waals surface area contributed by atoms with Gasteiger partial charge in [-0.1, -0.05) is 58.9 Å². The van der Waals surface area contributed by atoms with Crippen molar-refractivity contribution in [2.75, 3.05) is 0 Å². The SMILES string of the molecule is C=C(C)C#N.C=CN=c1nc(C(=C)NC(C)c2ccc(C(=C)NC(=C)CC)cc2CC)ccn1C. The molecule has 0 aliphatic rings. The molecular formula is C29H38N6. The monoisotopic (exact) mass is 470 g/mol. The Bertz CT molecular complexity index is 1210. The Balaban J connectivity index is 0.00000111. The highest BCUT2D eigenvalue weighted by Crippen LogP contribution is 2.24. The van der Waals surface area contributed by atoms with Crippen LogP contribution in [-0.2, 0) is 13.5 Å². The zero-order chi connectivity index (χ0) is 26.5. The van der Waals surface area contributed by atoms with Crippen LogP contribution >= 0.6 is 0 Å². The van der Waals surface area contributed by atoms with E-state index in [-0.39, 0.29) is 6.04 Å². The number of aryl methyl sites for hydroxylation is 2. The summed E-state index contributed by atoms with van der Waals surface area (Å²) in [6, 6.07) is 10.3. The van der Waals surface area contributed by atoms with Crippen molar-refractivity contribution in [1.29, 1.82) is 5.26 Å². The van der Waals surface area contributed by atoms with Gasteiger partial charge in [0.05, 0.1) is 17.5 Å². The van der Waals surface area contributed by atoms with Gasteiger partial charge in [-0.2, -0.15) is 5.26 Å². The van der Waals surface area contributed by atoms with E-state index in [1.165, 1.54) is 17.3 Å². The lowest BCUT2D eigenvalue weighted by Crippen LogP contribution is -2.25. The molecule has 0 amide bonds. The average Bonchev–Trinajstić information content (AvgIpc) is 2.85. The summed E-state index contributed by atoms with van der Waals surface area (Å²) in [7, 11) is 1.89. The van der Waals surface area contributed by atoms with Crippen molar-refractivity contribution in [3.05, 3.63) is 109 Å². The molecule has 1 heterocycles. The molecule has 1 aromatic heterocycles. The summed E-state index contributed by atoms with van der Waals surface area (Å²) >= 11 is 0. The van der Waals surface area contributed by atoms with E-state index in [0.717, 1.165) is 41.2 Å². The van der Waals surface area contributed by atoms with Crippen molar-refractivity contribution in [3.8, 4) is 6.07 Å². The topological polar surface area (TPSA) is 78.0 Å². The molecule has 35 heavy (non-hydrogen) atoms. The van der Waals surface area contributed by atoms with Gasteiger partial charge < -0.3 is 15.2 Å². The van der Waals surface area contributed by atoms with E-state index in [9.17, 15) is 0 Å². The van der Waals surface area contributed by atoms with Gasteiger partial charge in [0.1, 0.15) is 0 Å². The molecule has 6 nitrogen and oxygen atoms in total. The molecule has 0 fully saturated rings. The summed E-state index contributed by atoms with van der Waals surface area (Å²) in [5.74, 6) is 0. The summed E-state index contributed by atoms with van der Waals surface area (Å²) in [4.78, 5) is 8.75. The Hall–Kier alpha value is -4.11. The highest BCUT2D eigenvalue weighted by atomic mass is 15.1. The molecule has 2 rings (SSSR count). The molecule has 2 aromatic rings. The third-order valence-electron chi connectivity index (χ3n) is 5.18. The van der Waals surface area contributed by atoms with Crippen LogP contribution in [-0.4, -0.2) is 9.55 Å². The summed E-state index contributed by atoms with van der Waals surface area (Å²) < 4.78 is 1.84. The number of nitriles is 1. The van der Waals surface area contributed by atoms with Crippen LogP contribution in [0.5, 0.6) is 0 Å². The summed E-state index contributed by atoms with van der Waals surface area (Å²) in [5.41, 5.74) is 8.03. The fourth-order valence-electron chi connectivity index (χ4n) is 3.15. The first-order valence-corrected chi connectivity index (χ1v) is 11.5. The van der Waals surface area contributed by atoms with E-state index in [0.29, 0.717) is 11.2 Å². The van der Waals surface area contributed by atoms with Gasteiger partial charge in [0.15, 0.2) is 0 Å². The van der Waals surface area contributed by atoms with Crippen molar-refractivity contribution in [3.63, 3.8) is 0 Å². The molecule has 0 aliphatic heterocycles. The van der Waals surface area contributed by atoms with Gasteiger partial charge in [-0.15, -0.1) is 0 Å². The number of hydrogen-bond donors (Lipinski definition) is 2. The van der Waals surface area contributed by atoms with Gasteiger partial charge in [-0.3, -0.25) is 0 Å². The Morgan fingerprint density at radius 2 is 1.86 bits per heavy atom. The van der Waals surface area contributed by atoms with Gasteiger partial charge in [0, 0.05) is 42.5 Å². The number of rotatable bonds is 10. The van der Waals surface area contributed by atoms with Crippen LogP contribution in [0.25, 0.3) is 11.4 Å². The van der Waals surface area contributed by atoms with Gasteiger partial charge in [0.25, 0.3) is 0 Å². The molecule has 0 spiro atoms. The second-order valence-corrected chi connectivity index (χ2v) is 8.10. The number of aromatic nitrogens is 2. The second-order valence-electron chi connectivity index (χ2n) is 8.10. The maximum absolute atomic E-state index is 7.79. The van der Waals surface area contributed by atoms with Crippen molar-refractivity contribution in [2.24, 2.45) is 12.0 Å². The molecule has 0 aliphatic carbocycles. The summed E-state index contributed by atoms with van der Waals surface area (Å²) in [5, 5.41) is 14.5. The third kappa shape index (κ3) is 8.98.